The van der Waals surface area contributed by atoms with Crippen molar-refractivity contribution in [1.29, 1.82) is 0 Å². The van der Waals surface area contributed by atoms with Crippen molar-refractivity contribution >= 4 is 18.4 Å². The summed E-state index contributed by atoms with van der Waals surface area (Å²) in [7, 11) is 0. The lowest BCUT2D eigenvalue weighted by atomic mass is 10.1. The molecule has 1 aromatic carbocycles. The summed E-state index contributed by atoms with van der Waals surface area (Å²) < 4.78 is 25.2. The molecule has 1 aromatic heterocycles. The van der Waals surface area contributed by atoms with Crippen molar-refractivity contribution in [3.05, 3.63) is 53.3 Å². The second kappa shape index (κ2) is 7.70. The van der Waals surface area contributed by atoms with Crippen LogP contribution >= 0.6 is 12.4 Å². The zero-order chi connectivity index (χ0) is 14.5. The monoisotopic (exact) mass is 317 g/mol. The molecule has 0 unspecified atom stereocenters. The number of halogens is 3. The topological polar surface area (TPSA) is 67.2 Å². The van der Waals surface area contributed by atoms with Gasteiger partial charge in [-0.2, -0.15) is 13.9 Å². The SMILES string of the molecule is Cl.O=C(O)c1ccccc1CNCc1ccn(C(F)F)n1. The van der Waals surface area contributed by atoms with Crippen LogP contribution in [0.3, 0.4) is 0 Å². The van der Waals surface area contributed by atoms with Crippen molar-refractivity contribution in [2.75, 3.05) is 0 Å². The van der Waals surface area contributed by atoms with Gasteiger partial charge in [0.15, 0.2) is 0 Å². The van der Waals surface area contributed by atoms with Gasteiger partial charge in [-0.3, -0.25) is 0 Å². The van der Waals surface area contributed by atoms with Gasteiger partial charge in [0.25, 0.3) is 0 Å². The van der Waals surface area contributed by atoms with Crippen LogP contribution in [0.2, 0.25) is 0 Å². The first-order valence-electron chi connectivity index (χ1n) is 5.92. The van der Waals surface area contributed by atoms with E-state index in [1.807, 2.05) is 0 Å². The number of carboxylic acid groups (broad SMARTS) is 1. The Bertz CT molecular complexity index is 605. The second-order valence-corrected chi connectivity index (χ2v) is 4.13. The first-order chi connectivity index (χ1) is 9.58. The predicted octanol–water partition coefficient (Wildman–Crippen LogP) is 2.69. The molecule has 0 saturated heterocycles. The number of aromatic nitrogens is 2. The van der Waals surface area contributed by atoms with Crippen molar-refractivity contribution in [3.63, 3.8) is 0 Å². The molecule has 1 heterocycles. The second-order valence-electron chi connectivity index (χ2n) is 4.13. The zero-order valence-electron chi connectivity index (χ0n) is 10.9. The molecule has 5 nitrogen and oxygen atoms in total. The highest BCUT2D eigenvalue weighted by Crippen LogP contribution is 2.10. The van der Waals surface area contributed by atoms with Crippen LogP contribution in [-0.4, -0.2) is 20.9 Å². The summed E-state index contributed by atoms with van der Waals surface area (Å²) in [5.74, 6) is -0.996. The zero-order valence-corrected chi connectivity index (χ0v) is 11.7. The van der Waals surface area contributed by atoms with E-state index in [9.17, 15) is 13.6 Å². The molecule has 0 amide bonds. The Morgan fingerprint density at radius 1 is 1.29 bits per heavy atom. The first kappa shape index (κ1) is 17.1. The molecule has 0 aliphatic rings. The summed E-state index contributed by atoms with van der Waals surface area (Å²) in [5, 5.41) is 15.7. The van der Waals surface area contributed by atoms with E-state index in [1.165, 1.54) is 18.3 Å². The van der Waals surface area contributed by atoms with Crippen LogP contribution in [0.15, 0.2) is 36.5 Å². The Morgan fingerprint density at radius 2 is 2.00 bits per heavy atom. The van der Waals surface area contributed by atoms with E-state index in [0.717, 1.165) is 0 Å². The van der Waals surface area contributed by atoms with Gasteiger partial charge in [0, 0.05) is 19.3 Å². The fourth-order valence-corrected chi connectivity index (χ4v) is 1.79. The van der Waals surface area contributed by atoms with Crippen molar-refractivity contribution in [3.8, 4) is 0 Å². The minimum atomic E-state index is -2.66. The smallest absolute Gasteiger partial charge is 0.336 e. The Balaban J connectivity index is 0.00000220. The normalized spacial score (nSPS) is 10.4. The minimum absolute atomic E-state index is 0. The third-order valence-electron chi connectivity index (χ3n) is 2.73. The van der Waals surface area contributed by atoms with Gasteiger partial charge < -0.3 is 10.4 Å². The lowest BCUT2D eigenvalue weighted by Crippen LogP contribution is -2.16. The predicted molar refractivity (Wildman–Crippen MR) is 74.7 cm³/mol. The quantitative estimate of drug-likeness (QED) is 0.859. The lowest BCUT2D eigenvalue weighted by Gasteiger charge is -2.06. The molecule has 0 radical (unpaired) electrons. The fraction of sp³-hybridized carbons (Fsp3) is 0.231. The van der Waals surface area contributed by atoms with Crippen LogP contribution in [-0.2, 0) is 13.1 Å². The van der Waals surface area contributed by atoms with Crippen molar-refractivity contribution < 1.29 is 18.7 Å². The molecule has 114 valence electrons. The Morgan fingerprint density at radius 3 is 2.62 bits per heavy atom. The fourth-order valence-electron chi connectivity index (χ4n) is 1.79. The van der Waals surface area contributed by atoms with Gasteiger partial charge >= 0.3 is 12.5 Å². The van der Waals surface area contributed by atoms with Crippen LogP contribution < -0.4 is 5.32 Å². The van der Waals surface area contributed by atoms with Gasteiger partial charge in [0.05, 0.1) is 11.3 Å². The summed E-state index contributed by atoms with van der Waals surface area (Å²) in [6, 6.07) is 8.10. The van der Waals surface area contributed by atoms with Gasteiger partial charge in [-0.15, -0.1) is 12.4 Å². The standard InChI is InChI=1S/C13H13F2N3O2.ClH/c14-13(15)18-6-5-10(17-18)8-16-7-9-3-1-2-4-11(9)12(19)20;/h1-6,13,16H,7-8H2,(H,19,20);1H. The summed E-state index contributed by atoms with van der Waals surface area (Å²) in [6.45, 7) is -2.05. The largest absolute Gasteiger partial charge is 0.478 e. The molecule has 0 fully saturated rings. The molecule has 2 aromatic rings. The Labute approximate surface area is 126 Å². The van der Waals surface area contributed by atoms with Gasteiger partial charge in [-0.1, -0.05) is 18.2 Å². The van der Waals surface area contributed by atoms with Crippen LogP contribution in [0.1, 0.15) is 28.2 Å². The van der Waals surface area contributed by atoms with Gasteiger partial charge in [-0.25, -0.2) is 9.48 Å². The highest BCUT2D eigenvalue weighted by Gasteiger charge is 2.09. The maximum absolute atomic E-state index is 12.3. The van der Waals surface area contributed by atoms with E-state index in [4.69, 9.17) is 5.11 Å². The highest BCUT2D eigenvalue weighted by atomic mass is 35.5. The van der Waals surface area contributed by atoms with Crippen LogP contribution in [0, 0.1) is 0 Å². The first-order valence-corrected chi connectivity index (χ1v) is 5.92. The van der Waals surface area contributed by atoms with Gasteiger partial charge in [0.2, 0.25) is 0 Å². The number of hydrogen-bond donors (Lipinski definition) is 2. The summed E-state index contributed by atoms with van der Waals surface area (Å²) in [5.41, 5.74) is 1.32. The van der Waals surface area contributed by atoms with Crippen LogP contribution in [0.4, 0.5) is 8.78 Å². The van der Waals surface area contributed by atoms with Crippen LogP contribution in [0.25, 0.3) is 0 Å². The number of benzene rings is 1. The van der Waals surface area contributed by atoms with Crippen molar-refractivity contribution in [2.24, 2.45) is 0 Å². The summed E-state index contributed by atoms with van der Waals surface area (Å²) in [6.07, 6.45) is 1.20. The third kappa shape index (κ3) is 4.51. The molecule has 2 rings (SSSR count). The minimum Gasteiger partial charge on any atom is -0.478 e. The number of rotatable bonds is 6. The molecule has 0 saturated carbocycles. The molecule has 0 bridgehead atoms. The number of aromatic carboxylic acids is 1. The summed E-state index contributed by atoms with van der Waals surface area (Å²) in [4.78, 5) is 11.0. The molecular formula is C13H14ClF2N3O2. The molecule has 0 atom stereocenters. The van der Waals surface area contributed by atoms with Gasteiger partial charge in [0.1, 0.15) is 0 Å². The number of nitrogens with one attached hydrogen (secondary N) is 1. The van der Waals surface area contributed by atoms with Crippen molar-refractivity contribution in [1.82, 2.24) is 15.1 Å². The lowest BCUT2D eigenvalue weighted by molar-refractivity contribution is 0.0561. The number of hydrogen-bond acceptors (Lipinski definition) is 3. The molecule has 0 aliphatic carbocycles. The number of alkyl halides is 2. The molecule has 8 heteroatoms. The van der Waals surface area contributed by atoms with E-state index in [0.29, 0.717) is 22.5 Å². The van der Waals surface area contributed by atoms with E-state index >= 15 is 0 Å². The molecule has 0 spiro atoms. The maximum Gasteiger partial charge on any atom is 0.336 e. The average molecular weight is 318 g/mol. The van der Waals surface area contributed by atoms with E-state index in [1.54, 1.807) is 18.2 Å². The van der Waals surface area contributed by atoms with Gasteiger partial charge in [-0.05, 0) is 17.7 Å². The van der Waals surface area contributed by atoms with E-state index in [2.05, 4.69) is 10.4 Å². The molecule has 2 N–H and O–H groups in total. The maximum atomic E-state index is 12.3. The molecule has 0 aliphatic heterocycles. The third-order valence-corrected chi connectivity index (χ3v) is 2.73. The van der Waals surface area contributed by atoms with Crippen LogP contribution in [0.5, 0.6) is 0 Å². The highest BCUT2D eigenvalue weighted by molar-refractivity contribution is 5.89. The summed E-state index contributed by atoms with van der Waals surface area (Å²) >= 11 is 0. The molecule has 21 heavy (non-hydrogen) atoms. The van der Waals surface area contributed by atoms with Crippen molar-refractivity contribution in [2.45, 2.75) is 19.6 Å². The average Bonchev–Trinajstić information content (AvgIpc) is 2.88. The molecular weight excluding hydrogens is 304 g/mol. The number of nitrogens with zero attached hydrogens (tertiary/aromatic N) is 2. The van der Waals surface area contributed by atoms with E-state index < -0.39 is 12.5 Å². The Hall–Kier alpha value is -1.99. The van der Waals surface area contributed by atoms with E-state index in [-0.39, 0.29) is 24.5 Å². The number of carboxylic acids is 1. The number of carbonyl (C=O) groups is 1. The Kier molecular flexibility index (Phi) is 6.26.